The summed E-state index contributed by atoms with van der Waals surface area (Å²) in [6, 6.07) is 4.54. The average molecular weight is 419 g/mol. The summed E-state index contributed by atoms with van der Waals surface area (Å²) in [6.45, 7) is 5.03. The molecule has 0 spiro atoms. The van der Waals surface area contributed by atoms with Crippen LogP contribution in [-0.2, 0) is 4.79 Å². The molecule has 0 bridgehead atoms. The Morgan fingerprint density at radius 1 is 1.06 bits per heavy atom. The molecule has 31 heavy (non-hydrogen) atoms. The van der Waals surface area contributed by atoms with Gasteiger partial charge in [0, 0.05) is 69.8 Å². The highest BCUT2D eigenvalue weighted by Crippen LogP contribution is 2.41. The topological polar surface area (TPSA) is 101 Å². The molecule has 3 aromatic rings. The number of carbonyl (C=O) groups excluding carboxylic acids is 1. The second-order valence-electron chi connectivity index (χ2n) is 8.24. The van der Waals surface area contributed by atoms with Gasteiger partial charge < -0.3 is 9.42 Å². The van der Waals surface area contributed by atoms with Crippen molar-refractivity contribution in [2.45, 2.75) is 37.6 Å². The minimum Gasteiger partial charge on any atom is -0.343 e. The van der Waals surface area contributed by atoms with E-state index in [1.165, 1.54) is 5.56 Å². The van der Waals surface area contributed by atoms with Gasteiger partial charge in [0.1, 0.15) is 5.69 Å². The first-order valence-electron chi connectivity index (χ1n) is 10.7. The zero-order chi connectivity index (χ0) is 21.2. The average Bonchev–Trinajstić information content (AvgIpc) is 3.48. The summed E-state index contributed by atoms with van der Waals surface area (Å²) in [7, 11) is 0. The normalized spacial score (nSPS) is 22.7. The second kappa shape index (κ2) is 8.50. The van der Waals surface area contributed by atoms with Gasteiger partial charge in [0.05, 0.1) is 12.1 Å². The molecule has 5 heterocycles. The Kier molecular flexibility index (Phi) is 5.42. The first-order chi connectivity index (χ1) is 15.2. The van der Waals surface area contributed by atoms with E-state index < -0.39 is 0 Å². The number of hydrogen-bond donors (Lipinski definition) is 0. The number of rotatable bonds is 4. The van der Waals surface area contributed by atoms with Gasteiger partial charge in [-0.2, -0.15) is 4.98 Å². The Morgan fingerprint density at radius 2 is 1.87 bits per heavy atom. The highest BCUT2D eigenvalue weighted by atomic mass is 16.5. The number of carbonyl (C=O) groups is 1. The van der Waals surface area contributed by atoms with E-state index in [1.807, 2.05) is 17.2 Å². The zero-order valence-electron chi connectivity index (χ0n) is 17.5. The van der Waals surface area contributed by atoms with Crippen molar-refractivity contribution in [3.05, 3.63) is 54.6 Å². The van der Waals surface area contributed by atoms with Crippen LogP contribution in [0.2, 0.25) is 0 Å². The maximum Gasteiger partial charge on any atom is 0.232 e. The quantitative estimate of drug-likeness (QED) is 0.634. The van der Waals surface area contributed by atoms with Gasteiger partial charge in [-0.15, -0.1) is 0 Å². The molecule has 0 aliphatic carbocycles. The molecule has 2 fully saturated rings. The van der Waals surface area contributed by atoms with Crippen LogP contribution < -0.4 is 0 Å². The summed E-state index contributed by atoms with van der Waals surface area (Å²) >= 11 is 0. The summed E-state index contributed by atoms with van der Waals surface area (Å²) < 4.78 is 5.71. The largest absolute Gasteiger partial charge is 0.343 e. The highest BCUT2D eigenvalue weighted by molar-refractivity contribution is 5.73. The van der Waals surface area contributed by atoms with Gasteiger partial charge in [0.25, 0.3) is 0 Å². The van der Waals surface area contributed by atoms with E-state index in [1.54, 1.807) is 31.7 Å². The number of piperidine rings is 1. The van der Waals surface area contributed by atoms with Crippen LogP contribution in [0.4, 0.5) is 0 Å². The molecule has 0 radical (unpaired) electrons. The molecule has 2 aliphatic heterocycles. The van der Waals surface area contributed by atoms with Crippen LogP contribution in [0.5, 0.6) is 0 Å². The number of hydrogen-bond acceptors (Lipinski definition) is 8. The number of likely N-dealkylation sites (tertiary alicyclic amines) is 2. The van der Waals surface area contributed by atoms with E-state index in [9.17, 15) is 4.79 Å². The summed E-state index contributed by atoms with van der Waals surface area (Å²) in [5, 5.41) is 4.16. The Balaban J connectivity index is 1.39. The fourth-order valence-corrected chi connectivity index (χ4v) is 4.77. The van der Waals surface area contributed by atoms with Crippen LogP contribution in [0, 0.1) is 0 Å². The van der Waals surface area contributed by atoms with Crippen LogP contribution >= 0.6 is 0 Å². The summed E-state index contributed by atoms with van der Waals surface area (Å²) in [5.74, 6) is 1.54. The van der Waals surface area contributed by atoms with E-state index in [0.717, 1.165) is 39.0 Å². The zero-order valence-corrected chi connectivity index (χ0v) is 17.5. The Labute approximate surface area is 180 Å². The van der Waals surface area contributed by atoms with Gasteiger partial charge >= 0.3 is 0 Å². The molecule has 2 unspecified atom stereocenters. The standard InChI is InChI=1S/C22H25N7O2/c1-15(30)28-9-4-17(5-10-28)29-13-18(16-3-2-6-23-11-16)19(14-29)22-26-21(27-31-22)20-12-24-7-8-25-20/h2-3,6-8,11-12,17-19H,4-5,9-10,13-14H2,1H3. The Morgan fingerprint density at radius 3 is 2.58 bits per heavy atom. The third kappa shape index (κ3) is 4.05. The molecule has 2 saturated heterocycles. The molecule has 1 amide bonds. The van der Waals surface area contributed by atoms with Crippen molar-refractivity contribution in [2.75, 3.05) is 26.2 Å². The fraction of sp³-hybridized carbons (Fsp3) is 0.455. The number of amides is 1. The maximum atomic E-state index is 11.7. The molecule has 2 aliphatic rings. The molecule has 0 N–H and O–H groups in total. The van der Waals surface area contributed by atoms with E-state index in [0.29, 0.717) is 23.5 Å². The summed E-state index contributed by atoms with van der Waals surface area (Å²) in [5.41, 5.74) is 1.78. The minimum absolute atomic E-state index is 0.0768. The Bertz CT molecular complexity index is 1020. The lowest BCUT2D eigenvalue weighted by atomic mass is 9.90. The third-order valence-corrected chi connectivity index (χ3v) is 6.44. The van der Waals surface area contributed by atoms with E-state index in [2.05, 4.69) is 36.1 Å². The summed E-state index contributed by atoms with van der Waals surface area (Å²) in [4.78, 5) is 33.5. The molecule has 5 rings (SSSR count). The first-order valence-corrected chi connectivity index (χ1v) is 10.7. The van der Waals surface area contributed by atoms with Crippen LogP contribution in [0.1, 0.15) is 43.1 Å². The van der Waals surface area contributed by atoms with Crippen LogP contribution in [0.15, 0.2) is 47.6 Å². The van der Waals surface area contributed by atoms with Gasteiger partial charge in [-0.25, -0.2) is 4.98 Å². The number of nitrogens with zero attached hydrogens (tertiary/aromatic N) is 7. The number of aromatic nitrogens is 5. The van der Waals surface area contributed by atoms with Crippen LogP contribution in [0.25, 0.3) is 11.5 Å². The molecule has 9 heteroatoms. The van der Waals surface area contributed by atoms with Crippen molar-refractivity contribution < 1.29 is 9.32 Å². The highest BCUT2D eigenvalue weighted by Gasteiger charge is 2.41. The summed E-state index contributed by atoms with van der Waals surface area (Å²) in [6.07, 6.45) is 10.6. The predicted molar refractivity (Wildman–Crippen MR) is 112 cm³/mol. The van der Waals surface area contributed by atoms with Crippen molar-refractivity contribution in [1.29, 1.82) is 0 Å². The van der Waals surface area contributed by atoms with Crippen molar-refractivity contribution in [2.24, 2.45) is 0 Å². The van der Waals surface area contributed by atoms with Crippen molar-refractivity contribution in [1.82, 2.24) is 34.9 Å². The molecule has 3 aromatic heterocycles. The van der Waals surface area contributed by atoms with E-state index >= 15 is 0 Å². The van der Waals surface area contributed by atoms with Gasteiger partial charge in [0.2, 0.25) is 17.6 Å². The number of pyridine rings is 1. The van der Waals surface area contributed by atoms with Gasteiger partial charge in [-0.1, -0.05) is 11.2 Å². The monoisotopic (exact) mass is 419 g/mol. The lowest BCUT2D eigenvalue weighted by Gasteiger charge is -2.36. The van der Waals surface area contributed by atoms with E-state index in [-0.39, 0.29) is 17.7 Å². The van der Waals surface area contributed by atoms with Gasteiger partial charge in [0.15, 0.2) is 0 Å². The third-order valence-electron chi connectivity index (χ3n) is 6.44. The lowest BCUT2D eigenvalue weighted by Crippen LogP contribution is -2.45. The molecule has 0 saturated carbocycles. The molecular weight excluding hydrogens is 394 g/mol. The smallest absolute Gasteiger partial charge is 0.232 e. The fourth-order valence-electron chi connectivity index (χ4n) is 4.77. The minimum atomic E-state index is 0.0768. The van der Waals surface area contributed by atoms with Crippen LogP contribution in [-0.4, -0.2) is 73.0 Å². The molecule has 0 aromatic carbocycles. The van der Waals surface area contributed by atoms with Crippen LogP contribution in [0.3, 0.4) is 0 Å². The molecular formula is C22H25N7O2. The van der Waals surface area contributed by atoms with Crippen molar-refractivity contribution in [3.8, 4) is 11.5 Å². The Hall–Kier alpha value is -3.20. The van der Waals surface area contributed by atoms with E-state index in [4.69, 9.17) is 4.52 Å². The van der Waals surface area contributed by atoms with Crippen molar-refractivity contribution >= 4 is 5.91 Å². The van der Waals surface area contributed by atoms with Crippen molar-refractivity contribution in [3.63, 3.8) is 0 Å². The first kappa shape index (κ1) is 19.7. The van der Waals surface area contributed by atoms with Gasteiger partial charge in [-0.05, 0) is 24.5 Å². The van der Waals surface area contributed by atoms with Gasteiger partial charge in [-0.3, -0.25) is 19.7 Å². The predicted octanol–water partition coefficient (Wildman–Crippen LogP) is 2.12. The molecule has 160 valence electrons. The lowest BCUT2D eigenvalue weighted by molar-refractivity contribution is -0.130. The maximum absolute atomic E-state index is 11.7. The second-order valence-corrected chi connectivity index (χ2v) is 8.24. The molecule has 2 atom stereocenters. The molecule has 9 nitrogen and oxygen atoms in total. The SMILES string of the molecule is CC(=O)N1CCC(N2CC(c3cccnc3)C(c3nc(-c4cnccn4)no3)C2)CC1.